The Morgan fingerprint density at radius 3 is 2.00 bits per heavy atom. The van der Waals surface area contributed by atoms with E-state index in [9.17, 15) is 9.59 Å². The summed E-state index contributed by atoms with van der Waals surface area (Å²) in [6.45, 7) is 2.91. The van der Waals surface area contributed by atoms with Gasteiger partial charge in [-0.1, -0.05) is 82.2 Å². The van der Waals surface area contributed by atoms with E-state index < -0.39 is 0 Å². The van der Waals surface area contributed by atoms with Crippen molar-refractivity contribution in [2.24, 2.45) is 0 Å². The fourth-order valence-corrected chi connectivity index (χ4v) is 4.59. The Bertz CT molecular complexity index is 1200. The Labute approximate surface area is 239 Å². The lowest BCUT2D eigenvalue weighted by atomic mass is 10.0. The lowest BCUT2D eigenvalue weighted by molar-refractivity contribution is 0.102. The molecule has 0 unspecified atom stereocenters. The number of benzene rings is 3. The largest absolute Gasteiger partial charge is 0.395 e. The highest BCUT2D eigenvalue weighted by molar-refractivity contribution is 6.08. The van der Waals surface area contributed by atoms with Crippen LogP contribution in [0.3, 0.4) is 0 Å². The standard InChI is InChI=1S/C35H44N2O3/c1-3-4-5-6-7-8-9-10-11-28-12-17-31(18-13-28)35(40)36-32-21-19-30(20-22-32)34(39)25-16-29-14-23-33(24-15-29)37(2)26-27-38/h12-25,38H,3-11,26-27H2,1-2H3,(H,36,40)/b25-16+. The number of unbranched alkanes of at least 4 members (excludes halogenated alkanes) is 7. The number of hydrogen-bond donors (Lipinski definition) is 2. The van der Waals surface area contributed by atoms with Crippen molar-refractivity contribution in [1.82, 2.24) is 0 Å². The number of aryl methyl sites for hydroxylation is 1. The summed E-state index contributed by atoms with van der Waals surface area (Å²) in [5, 5.41) is 12.0. The third kappa shape index (κ3) is 10.5. The highest BCUT2D eigenvalue weighted by Gasteiger charge is 2.08. The van der Waals surface area contributed by atoms with Crippen molar-refractivity contribution in [2.45, 2.75) is 64.7 Å². The van der Waals surface area contributed by atoms with Crippen LogP contribution in [-0.2, 0) is 6.42 Å². The monoisotopic (exact) mass is 540 g/mol. The van der Waals surface area contributed by atoms with Crippen molar-refractivity contribution in [3.8, 4) is 0 Å². The predicted octanol–water partition coefficient (Wildman–Crippen LogP) is 7.95. The number of anilines is 2. The second-order valence-electron chi connectivity index (χ2n) is 10.4. The van der Waals surface area contributed by atoms with Crippen LogP contribution in [0, 0.1) is 0 Å². The summed E-state index contributed by atoms with van der Waals surface area (Å²) in [5.74, 6) is -0.267. The molecule has 0 bridgehead atoms. The van der Waals surface area contributed by atoms with Crippen LogP contribution in [0.4, 0.5) is 11.4 Å². The quantitative estimate of drug-likeness (QED) is 0.104. The maximum Gasteiger partial charge on any atom is 0.255 e. The van der Waals surface area contributed by atoms with Gasteiger partial charge in [-0.2, -0.15) is 0 Å². The summed E-state index contributed by atoms with van der Waals surface area (Å²) in [4.78, 5) is 27.3. The van der Waals surface area contributed by atoms with Crippen molar-refractivity contribution in [1.29, 1.82) is 0 Å². The van der Waals surface area contributed by atoms with Crippen LogP contribution in [0.15, 0.2) is 78.9 Å². The molecule has 2 N–H and O–H groups in total. The molecule has 0 atom stereocenters. The summed E-state index contributed by atoms with van der Waals surface area (Å²) in [7, 11) is 1.92. The van der Waals surface area contributed by atoms with Gasteiger partial charge in [-0.25, -0.2) is 0 Å². The third-order valence-corrected chi connectivity index (χ3v) is 7.16. The fourth-order valence-electron chi connectivity index (χ4n) is 4.59. The first-order chi connectivity index (χ1) is 19.5. The number of nitrogens with zero attached hydrogens (tertiary/aromatic N) is 1. The number of carbonyl (C=O) groups excluding carboxylic acids is 2. The Morgan fingerprint density at radius 2 is 1.38 bits per heavy atom. The predicted molar refractivity (Wildman–Crippen MR) is 167 cm³/mol. The molecule has 0 heterocycles. The molecule has 1 amide bonds. The van der Waals surface area contributed by atoms with Crippen LogP contribution >= 0.6 is 0 Å². The van der Waals surface area contributed by atoms with E-state index in [1.165, 1.54) is 56.9 Å². The molecule has 0 aromatic heterocycles. The van der Waals surface area contributed by atoms with Gasteiger partial charge in [-0.3, -0.25) is 9.59 Å². The number of rotatable bonds is 17. The molecule has 0 saturated carbocycles. The van der Waals surface area contributed by atoms with Crippen LogP contribution in [-0.4, -0.2) is 37.0 Å². The van der Waals surface area contributed by atoms with Crippen molar-refractivity contribution in [3.63, 3.8) is 0 Å². The van der Waals surface area contributed by atoms with E-state index in [2.05, 4.69) is 12.2 Å². The number of ketones is 1. The average Bonchev–Trinajstić information content (AvgIpc) is 2.98. The maximum atomic E-state index is 12.7. The minimum atomic E-state index is -0.161. The Balaban J connectivity index is 1.43. The van der Waals surface area contributed by atoms with Gasteiger partial charge in [0.25, 0.3) is 5.91 Å². The van der Waals surface area contributed by atoms with E-state index in [-0.39, 0.29) is 18.3 Å². The third-order valence-electron chi connectivity index (χ3n) is 7.16. The zero-order valence-electron chi connectivity index (χ0n) is 24.1. The molecule has 0 aliphatic heterocycles. The molecule has 5 heteroatoms. The van der Waals surface area contributed by atoms with E-state index in [0.717, 1.165) is 17.7 Å². The first kappa shape index (κ1) is 30.8. The molecule has 0 aliphatic carbocycles. The number of carbonyl (C=O) groups is 2. The number of likely N-dealkylation sites (N-methyl/N-ethyl adjacent to an activating group) is 1. The van der Waals surface area contributed by atoms with Gasteiger partial charge in [0, 0.05) is 36.1 Å². The summed E-state index contributed by atoms with van der Waals surface area (Å²) >= 11 is 0. The second-order valence-corrected chi connectivity index (χ2v) is 10.4. The average molecular weight is 541 g/mol. The molecular formula is C35H44N2O3. The highest BCUT2D eigenvalue weighted by atomic mass is 16.3. The molecule has 3 aromatic carbocycles. The molecule has 0 aliphatic rings. The van der Waals surface area contributed by atoms with Crippen molar-refractivity contribution < 1.29 is 14.7 Å². The van der Waals surface area contributed by atoms with E-state index in [1.807, 2.05) is 60.5 Å². The number of amides is 1. The molecule has 5 nitrogen and oxygen atoms in total. The molecular weight excluding hydrogens is 496 g/mol. The SMILES string of the molecule is CCCCCCCCCCc1ccc(C(=O)Nc2ccc(C(=O)/C=C/c3ccc(N(C)CCO)cc3)cc2)cc1. The molecule has 40 heavy (non-hydrogen) atoms. The van der Waals surface area contributed by atoms with Gasteiger partial charge in [-0.15, -0.1) is 0 Å². The van der Waals surface area contributed by atoms with Crippen LogP contribution in [0.25, 0.3) is 6.08 Å². The van der Waals surface area contributed by atoms with E-state index in [0.29, 0.717) is 23.4 Å². The van der Waals surface area contributed by atoms with Gasteiger partial charge in [0.05, 0.1) is 6.61 Å². The Hall–Kier alpha value is -3.70. The first-order valence-corrected chi connectivity index (χ1v) is 14.6. The highest BCUT2D eigenvalue weighted by Crippen LogP contribution is 2.17. The summed E-state index contributed by atoms with van der Waals surface area (Å²) < 4.78 is 0. The van der Waals surface area contributed by atoms with Gasteiger partial charge in [0.1, 0.15) is 0 Å². The molecule has 0 radical (unpaired) electrons. The van der Waals surface area contributed by atoms with Gasteiger partial charge < -0.3 is 15.3 Å². The van der Waals surface area contributed by atoms with Gasteiger partial charge in [0.2, 0.25) is 0 Å². The molecule has 212 valence electrons. The topological polar surface area (TPSA) is 69.6 Å². The molecule has 0 saturated heterocycles. The van der Waals surface area contributed by atoms with Crippen LogP contribution in [0.2, 0.25) is 0 Å². The van der Waals surface area contributed by atoms with Crippen molar-refractivity contribution >= 4 is 29.1 Å². The minimum Gasteiger partial charge on any atom is -0.395 e. The lowest BCUT2D eigenvalue weighted by Gasteiger charge is -2.17. The molecule has 0 fully saturated rings. The maximum absolute atomic E-state index is 12.7. The van der Waals surface area contributed by atoms with Crippen molar-refractivity contribution in [2.75, 3.05) is 30.4 Å². The van der Waals surface area contributed by atoms with E-state index >= 15 is 0 Å². The molecule has 0 spiro atoms. The first-order valence-electron chi connectivity index (χ1n) is 14.6. The summed E-state index contributed by atoms with van der Waals surface area (Å²) in [6.07, 6.45) is 14.8. The number of nitrogens with one attached hydrogen (secondary N) is 1. The zero-order chi connectivity index (χ0) is 28.6. The number of hydrogen-bond acceptors (Lipinski definition) is 4. The van der Waals surface area contributed by atoms with E-state index in [4.69, 9.17) is 5.11 Å². The van der Waals surface area contributed by atoms with Gasteiger partial charge in [-0.05, 0) is 78.6 Å². The van der Waals surface area contributed by atoms with Crippen molar-refractivity contribution in [3.05, 3.63) is 101 Å². The van der Waals surface area contributed by atoms with Crippen LogP contribution in [0.5, 0.6) is 0 Å². The van der Waals surface area contributed by atoms with Gasteiger partial charge >= 0.3 is 0 Å². The fraction of sp³-hybridized carbons (Fsp3) is 0.371. The number of aliphatic hydroxyl groups is 1. The lowest BCUT2D eigenvalue weighted by Crippen LogP contribution is -2.20. The Kier molecular flexibility index (Phi) is 13.2. The minimum absolute atomic E-state index is 0.0989. The molecule has 3 rings (SSSR count). The summed E-state index contributed by atoms with van der Waals surface area (Å²) in [6, 6.07) is 22.6. The Morgan fingerprint density at radius 1 is 0.775 bits per heavy atom. The number of allylic oxidation sites excluding steroid dienone is 1. The number of aliphatic hydroxyl groups excluding tert-OH is 1. The van der Waals surface area contributed by atoms with Crippen LogP contribution in [0.1, 0.15) is 90.1 Å². The van der Waals surface area contributed by atoms with Crippen LogP contribution < -0.4 is 10.2 Å². The second kappa shape index (κ2) is 17.1. The summed E-state index contributed by atoms with van der Waals surface area (Å²) in [5.41, 5.74) is 5.02. The van der Waals surface area contributed by atoms with Gasteiger partial charge in [0.15, 0.2) is 5.78 Å². The normalized spacial score (nSPS) is 11.1. The van der Waals surface area contributed by atoms with E-state index in [1.54, 1.807) is 36.4 Å². The smallest absolute Gasteiger partial charge is 0.255 e. The molecule has 3 aromatic rings. The zero-order valence-corrected chi connectivity index (χ0v) is 24.1.